The minimum Gasteiger partial charge on any atom is -0.485 e. The van der Waals surface area contributed by atoms with Crippen molar-refractivity contribution in [1.82, 2.24) is 9.66 Å². The van der Waals surface area contributed by atoms with Crippen LogP contribution in [-0.2, 0) is 6.61 Å². The van der Waals surface area contributed by atoms with Crippen LogP contribution in [0.3, 0.4) is 0 Å². The average molecular weight is 395 g/mol. The molecular weight excluding hydrogens is 378 g/mol. The van der Waals surface area contributed by atoms with Crippen molar-refractivity contribution in [2.24, 2.45) is 5.10 Å². The van der Waals surface area contributed by atoms with E-state index in [2.05, 4.69) is 10.1 Å². The SMILES string of the molecule is O=c1c2ccccc2nc(COc2cccc3ccccc23)n1/N=C\c1ccco1. The van der Waals surface area contributed by atoms with Crippen LogP contribution in [0.25, 0.3) is 21.7 Å². The normalized spacial score (nSPS) is 11.5. The number of aromatic nitrogens is 2. The van der Waals surface area contributed by atoms with Gasteiger partial charge in [-0.3, -0.25) is 4.79 Å². The van der Waals surface area contributed by atoms with E-state index in [1.165, 1.54) is 10.9 Å². The molecule has 0 radical (unpaired) electrons. The summed E-state index contributed by atoms with van der Waals surface area (Å²) in [4.78, 5) is 17.7. The van der Waals surface area contributed by atoms with Crippen molar-refractivity contribution >= 4 is 27.9 Å². The number of hydrogen-bond acceptors (Lipinski definition) is 5. The van der Waals surface area contributed by atoms with E-state index in [9.17, 15) is 4.79 Å². The summed E-state index contributed by atoms with van der Waals surface area (Å²) in [6, 6.07) is 24.6. The zero-order chi connectivity index (χ0) is 20.3. The Morgan fingerprint density at radius 3 is 2.60 bits per heavy atom. The van der Waals surface area contributed by atoms with E-state index in [0.29, 0.717) is 22.5 Å². The Bertz CT molecular complexity index is 1410. The van der Waals surface area contributed by atoms with Crippen molar-refractivity contribution in [2.75, 3.05) is 0 Å². The fraction of sp³-hybridized carbons (Fsp3) is 0.0417. The maximum absolute atomic E-state index is 13.1. The summed E-state index contributed by atoms with van der Waals surface area (Å²) in [7, 11) is 0. The molecule has 0 saturated heterocycles. The molecule has 30 heavy (non-hydrogen) atoms. The zero-order valence-electron chi connectivity index (χ0n) is 15.9. The van der Waals surface area contributed by atoms with Crippen molar-refractivity contribution in [2.45, 2.75) is 6.61 Å². The predicted octanol–water partition coefficient (Wildman–Crippen LogP) is 4.60. The Kier molecular flexibility index (Phi) is 4.57. The second kappa shape index (κ2) is 7.67. The van der Waals surface area contributed by atoms with Gasteiger partial charge in [-0.1, -0.05) is 48.5 Å². The van der Waals surface area contributed by atoms with Gasteiger partial charge in [0.15, 0.2) is 5.82 Å². The summed E-state index contributed by atoms with van der Waals surface area (Å²) >= 11 is 0. The second-order valence-corrected chi connectivity index (χ2v) is 6.69. The third-order valence-electron chi connectivity index (χ3n) is 4.77. The molecule has 5 rings (SSSR count). The van der Waals surface area contributed by atoms with Crippen LogP contribution < -0.4 is 10.3 Å². The fourth-order valence-corrected chi connectivity index (χ4v) is 3.33. The molecule has 0 saturated carbocycles. The molecule has 0 atom stereocenters. The molecule has 146 valence electrons. The number of para-hydroxylation sites is 1. The molecule has 0 unspecified atom stereocenters. The van der Waals surface area contributed by atoms with E-state index in [0.717, 1.165) is 16.5 Å². The Labute approximate surface area is 171 Å². The molecule has 2 heterocycles. The fourth-order valence-electron chi connectivity index (χ4n) is 3.33. The van der Waals surface area contributed by atoms with E-state index in [1.807, 2.05) is 48.5 Å². The smallest absolute Gasteiger partial charge is 0.282 e. The van der Waals surface area contributed by atoms with Crippen LogP contribution in [0.5, 0.6) is 5.75 Å². The van der Waals surface area contributed by atoms with Crippen LogP contribution in [0.15, 0.2) is 99.4 Å². The van der Waals surface area contributed by atoms with Crippen molar-refractivity contribution in [3.05, 3.63) is 107 Å². The van der Waals surface area contributed by atoms with Gasteiger partial charge in [-0.15, -0.1) is 0 Å². The van der Waals surface area contributed by atoms with E-state index < -0.39 is 0 Å². The molecule has 6 heteroatoms. The Morgan fingerprint density at radius 1 is 0.933 bits per heavy atom. The van der Waals surface area contributed by atoms with Gasteiger partial charge < -0.3 is 9.15 Å². The summed E-state index contributed by atoms with van der Waals surface area (Å²) in [5.41, 5.74) is 0.336. The molecule has 2 aromatic heterocycles. The molecule has 0 spiro atoms. The molecule has 0 aliphatic carbocycles. The zero-order valence-corrected chi connectivity index (χ0v) is 15.9. The van der Waals surface area contributed by atoms with E-state index in [1.54, 1.807) is 36.6 Å². The molecule has 6 nitrogen and oxygen atoms in total. The molecule has 5 aromatic rings. The molecule has 3 aromatic carbocycles. The van der Waals surface area contributed by atoms with Crippen LogP contribution in [0.1, 0.15) is 11.6 Å². The predicted molar refractivity (Wildman–Crippen MR) is 116 cm³/mol. The lowest BCUT2D eigenvalue weighted by molar-refractivity contribution is 0.293. The number of nitrogens with zero attached hydrogens (tertiary/aromatic N) is 3. The first-order valence-electron chi connectivity index (χ1n) is 9.49. The monoisotopic (exact) mass is 395 g/mol. The van der Waals surface area contributed by atoms with Crippen LogP contribution in [0.4, 0.5) is 0 Å². The van der Waals surface area contributed by atoms with Crippen molar-refractivity contribution in [1.29, 1.82) is 0 Å². The first-order valence-corrected chi connectivity index (χ1v) is 9.49. The third-order valence-corrected chi connectivity index (χ3v) is 4.77. The van der Waals surface area contributed by atoms with Gasteiger partial charge in [-0.25, -0.2) is 4.98 Å². The summed E-state index contributed by atoms with van der Waals surface area (Å²) in [5.74, 6) is 1.66. The molecule has 0 amide bonds. The molecule has 0 aliphatic rings. The Balaban J connectivity index is 1.57. The first-order chi connectivity index (χ1) is 14.8. The van der Waals surface area contributed by atoms with Gasteiger partial charge in [0.25, 0.3) is 5.56 Å². The molecule has 0 bridgehead atoms. The maximum Gasteiger partial charge on any atom is 0.282 e. The summed E-state index contributed by atoms with van der Waals surface area (Å²) < 4.78 is 12.6. The Morgan fingerprint density at radius 2 is 1.73 bits per heavy atom. The second-order valence-electron chi connectivity index (χ2n) is 6.69. The highest BCUT2D eigenvalue weighted by Gasteiger charge is 2.12. The Hall–Kier alpha value is -4.19. The number of rotatable bonds is 5. The van der Waals surface area contributed by atoms with Crippen molar-refractivity contribution < 1.29 is 9.15 Å². The van der Waals surface area contributed by atoms with Gasteiger partial charge in [0.05, 0.1) is 23.4 Å². The molecule has 0 N–H and O–H groups in total. The highest BCUT2D eigenvalue weighted by molar-refractivity contribution is 5.88. The quantitative estimate of drug-likeness (QED) is 0.408. The summed E-state index contributed by atoms with van der Waals surface area (Å²) in [6.07, 6.45) is 3.03. The van der Waals surface area contributed by atoms with Gasteiger partial charge in [0.2, 0.25) is 0 Å². The number of furan rings is 1. The summed E-state index contributed by atoms with van der Waals surface area (Å²) in [5, 5.41) is 6.88. The minimum absolute atomic E-state index is 0.0869. The van der Waals surface area contributed by atoms with Gasteiger partial charge >= 0.3 is 0 Å². The number of fused-ring (bicyclic) bond motifs is 2. The highest BCUT2D eigenvalue weighted by atomic mass is 16.5. The standard InChI is InChI=1S/C24H17N3O3/c28-24-20-11-3-4-12-21(20)26-23(27(24)25-15-18-9-6-14-29-18)16-30-22-13-5-8-17-7-1-2-10-19(17)22/h1-15H,16H2/b25-15-. The van der Waals surface area contributed by atoms with Gasteiger partial charge in [0, 0.05) is 5.39 Å². The van der Waals surface area contributed by atoms with E-state index in [4.69, 9.17) is 9.15 Å². The lowest BCUT2D eigenvalue weighted by Crippen LogP contribution is -2.23. The lowest BCUT2D eigenvalue weighted by atomic mass is 10.1. The van der Waals surface area contributed by atoms with E-state index >= 15 is 0 Å². The van der Waals surface area contributed by atoms with Crippen molar-refractivity contribution in [3.8, 4) is 5.75 Å². The molecule has 0 fully saturated rings. The van der Waals surface area contributed by atoms with Crippen LogP contribution in [-0.4, -0.2) is 15.9 Å². The van der Waals surface area contributed by atoms with Crippen LogP contribution >= 0.6 is 0 Å². The first kappa shape index (κ1) is 17.9. The maximum atomic E-state index is 13.1. The molecule has 0 aliphatic heterocycles. The van der Waals surface area contributed by atoms with Gasteiger partial charge in [-0.2, -0.15) is 9.78 Å². The van der Waals surface area contributed by atoms with Crippen LogP contribution in [0, 0.1) is 0 Å². The van der Waals surface area contributed by atoms with Gasteiger partial charge in [-0.05, 0) is 35.7 Å². The number of benzene rings is 3. The highest BCUT2D eigenvalue weighted by Crippen LogP contribution is 2.25. The number of hydrogen-bond donors (Lipinski definition) is 0. The van der Waals surface area contributed by atoms with E-state index in [-0.39, 0.29) is 12.2 Å². The number of ether oxygens (including phenoxy) is 1. The van der Waals surface area contributed by atoms with Gasteiger partial charge in [0.1, 0.15) is 18.1 Å². The minimum atomic E-state index is -0.264. The van der Waals surface area contributed by atoms with Crippen LogP contribution in [0.2, 0.25) is 0 Å². The topological polar surface area (TPSA) is 69.6 Å². The largest absolute Gasteiger partial charge is 0.485 e. The van der Waals surface area contributed by atoms with Crippen molar-refractivity contribution in [3.63, 3.8) is 0 Å². The summed E-state index contributed by atoms with van der Waals surface area (Å²) in [6.45, 7) is 0.0869. The third kappa shape index (κ3) is 3.35. The lowest BCUT2D eigenvalue weighted by Gasteiger charge is -2.12. The average Bonchev–Trinajstić information content (AvgIpc) is 3.31. The molecular formula is C24H17N3O3.